The molecular weight excluding hydrogens is 275 g/mol. The minimum absolute atomic E-state index is 0.209. The first-order chi connectivity index (χ1) is 8.64. The van der Waals surface area contributed by atoms with Gasteiger partial charge in [0.15, 0.2) is 5.82 Å². The molecule has 0 amide bonds. The maximum absolute atomic E-state index is 13.1. The lowest BCUT2D eigenvalue weighted by Gasteiger charge is -2.16. The average Bonchev–Trinajstić information content (AvgIpc) is 2.70. The Morgan fingerprint density at radius 1 is 1.21 bits per heavy atom. The fourth-order valence-corrected chi connectivity index (χ4v) is 1.49. The van der Waals surface area contributed by atoms with Gasteiger partial charge in [-0.1, -0.05) is 6.07 Å². The number of aromatic nitrogens is 2. The Morgan fingerprint density at radius 2 is 1.84 bits per heavy atom. The fraction of sp³-hybridized carbons (Fsp3) is 0.200. The molecule has 102 valence electrons. The largest absolute Gasteiger partial charge is 0.478 e. The number of aromatic carboxylic acids is 1. The molecule has 2 rings (SSSR count). The van der Waals surface area contributed by atoms with Crippen molar-refractivity contribution in [1.29, 1.82) is 0 Å². The molecule has 9 heteroatoms. The predicted molar refractivity (Wildman–Crippen MR) is 53.0 cm³/mol. The Balaban J connectivity index is 2.66. The van der Waals surface area contributed by atoms with E-state index in [0.717, 1.165) is 12.1 Å². The third-order valence-electron chi connectivity index (χ3n) is 2.40. The molecule has 0 saturated heterocycles. The number of nitrogens with one attached hydrogen (secondary N) is 1. The molecule has 2 N–H and O–H groups in total. The van der Waals surface area contributed by atoms with Crippen molar-refractivity contribution in [2.75, 3.05) is 0 Å². The standard InChI is InChI=1S/C10H5F5N2O2/c11-9(12,10(13,14)15)8-16-5-3-1-2-4(7(18)19)6(5)17-8/h1-3H,(H,16,17)(H,18,19). The number of H-pyrrole nitrogens is 1. The third kappa shape index (κ3) is 2.00. The van der Waals surface area contributed by atoms with Gasteiger partial charge in [0, 0.05) is 0 Å². The van der Waals surface area contributed by atoms with Gasteiger partial charge in [0.05, 0.1) is 11.1 Å². The number of carbonyl (C=O) groups is 1. The number of para-hydroxylation sites is 1. The summed E-state index contributed by atoms with van der Waals surface area (Å²) in [5.41, 5.74) is -1.12. The van der Waals surface area contributed by atoms with Gasteiger partial charge in [0.25, 0.3) is 0 Å². The van der Waals surface area contributed by atoms with Gasteiger partial charge in [-0.25, -0.2) is 9.78 Å². The summed E-state index contributed by atoms with van der Waals surface area (Å²) in [5, 5.41) is 8.79. The molecule has 0 spiro atoms. The molecule has 0 aliphatic rings. The zero-order valence-electron chi connectivity index (χ0n) is 8.92. The Kier molecular flexibility index (Phi) is 2.72. The maximum atomic E-state index is 13.1. The molecule has 0 radical (unpaired) electrons. The summed E-state index contributed by atoms with van der Waals surface area (Å²) in [7, 11) is 0. The zero-order chi connectivity index (χ0) is 14.4. The number of carboxylic acid groups (broad SMARTS) is 1. The van der Waals surface area contributed by atoms with E-state index in [1.54, 1.807) is 4.98 Å². The minimum Gasteiger partial charge on any atom is -0.478 e. The molecule has 0 atom stereocenters. The fourth-order valence-electron chi connectivity index (χ4n) is 1.49. The number of imidazole rings is 1. The second-order valence-corrected chi connectivity index (χ2v) is 3.66. The van der Waals surface area contributed by atoms with Crippen LogP contribution >= 0.6 is 0 Å². The Bertz CT molecular complexity index is 647. The van der Waals surface area contributed by atoms with Crippen LogP contribution in [0.25, 0.3) is 11.0 Å². The number of benzene rings is 1. The first kappa shape index (κ1) is 13.2. The van der Waals surface area contributed by atoms with E-state index in [0.29, 0.717) is 0 Å². The molecule has 0 aliphatic heterocycles. The highest BCUT2D eigenvalue weighted by molar-refractivity contribution is 6.00. The molecule has 1 heterocycles. The third-order valence-corrected chi connectivity index (χ3v) is 2.40. The summed E-state index contributed by atoms with van der Waals surface area (Å²) < 4.78 is 62.7. The van der Waals surface area contributed by atoms with Crippen molar-refractivity contribution in [3.63, 3.8) is 0 Å². The predicted octanol–water partition coefficient (Wildman–Crippen LogP) is 2.92. The first-order valence-electron chi connectivity index (χ1n) is 4.81. The summed E-state index contributed by atoms with van der Waals surface area (Å²) in [6, 6.07) is 3.42. The molecule has 1 aromatic carbocycles. The van der Waals surface area contributed by atoms with Crippen molar-refractivity contribution < 1.29 is 31.9 Å². The zero-order valence-corrected chi connectivity index (χ0v) is 8.92. The van der Waals surface area contributed by atoms with E-state index in [1.165, 1.54) is 6.07 Å². The molecule has 0 fully saturated rings. The summed E-state index contributed by atoms with van der Waals surface area (Å²) in [6.45, 7) is 0. The molecule has 0 saturated carbocycles. The van der Waals surface area contributed by atoms with Crippen LogP contribution in [-0.2, 0) is 5.92 Å². The highest BCUT2D eigenvalue weighted by Gasteiger charge is 2.61. The van der Waals surface area contributed by atoms with Crippen molar-refractivity contribution >= 4 is 17.0 Å². The van der Waals surface area contributed by atoms with E-state index in [-0.39, 0.29) is 5.52 Å². The van der Waals surface area contributed by atoms with Crippen LogP contribution in [0.3, 0.4) is 0 Å². The van der Waals surface area contributed by atoms with Crippen LogP contribution in [0, 0.1) is 0 Å². The maximum Gasteiger partial charge on any atom is 0.461 e. The van der Waals surface area contributed by atoms with Gasteiger partial charge in [-0.2, -0.15) is 22.0 Å². The van der Waals surface area contributed by atoms with Crippen molar-refractivity contribution in [3.05, 3.63) is 29.6 Å². The summed E-state index contributed by atoms with van der Waals surface area (Å²) in [6.07, 6.45) is -5.82. The first-order valence-corrected chi connectivity index (χ1v) is 4.81. The number of alkyl halides is 5. The molecule has 0 aliphatic carbocycles. The topological polar surface area (TPSA) is 66.0 Å². The number of carboxylic acids is 1. The van der Waals surface area contributed by atoms with Crippen LogP contribution in [-0.4, -0.2) is 27.2 Å². The van der Waals surface area contributed by atoms with Crippen LogP contribution in [0.1, 0.15) is 16.2 Å². The molecule has 4 nitrogen and oxygen atoms in total. The van der Waals surface area contributed by atoms with Crippen molar-refractivity contribution in [1.82, 2.24) is 9.97 Å². The Labute approximate surface area is 101 Å². The van der Waals surface area contributed by atoms with Gasteiger partial charge in [-0.05, 0) is 12.1 Å². The molecule has 0 bridgehead atoms. The number of aromatic amines is 1. The molecule has 19 heavy (non-hydrogen) atoms. The molecule has 0 unspecified atom stereocenters. The number of hydrogen-bond donors (Lipinski definition) is 2. The van der Waals surface area contributed by atoms with Crippen molar-refractivity contribution in [3.8, 4) is 0 Å². The van der Waals surface area contributed by atoms with Crippen LogP contribution < -0.4 is 0 Å². The van der Waals surface area contributed by atoms with Gasteiger partial charge < -0.3 is 10.1 Å². The van der Waals surface area contributed by atoms with Gasteiger partial charge in [0.2, 0.25) is 0 Å². The van der Waals surface area contributed by atoms with Crippen LogP contribution in [0.15, 0.2) is 18.2 Å². The van der Waals surface area contributed by atoms with Gasteiger partial charge in [0.1, 0.15) is 5.52 Å². The Hall–Kier alpha value is -2.19. The van der Waals surface area contributed by atoms with Gasteiger partial charge >= 0.3 is 18.1 Å². The van der Waals surface area contributed by atoms with Crippen LogP contribution in [0.4, 0.5) is 22.0 Å². The Morgan fingerprint density at radius 3 is 2.37 bits per heavy atom. The van der Waals surface area contributed by atoms with Crippen molar-refractivity contribution in [2.45, 2.75) is 12.1 Å². The number of halogens is 5. The normalized spacial score (nSPS) is 12.9. The second-order valence-electron chi connectivity index (χ2n) is 3.66. The smallest absolute Gasteiger partial charge is 0.461 e. The van der Waals surface area contributed by atoms with Gasteiger partial charge in [-0.15, -0.1) is 0 Å². The minimum atomic E-state index is -5.82. The number of hydrogen-bond acceptors (Lipinski definition) is 2. The second kappa shape index (κ2) is 3.90. The number of rotatable bonds is 2. The van der Waals surface area contributed by atoms with E-state index >= 15 is 0 Å². The number of fused-ring (bicyclic) bond motifs is 1. The lowest BCUT2D eigenvalue weighted by Crippen LogP contribution is -2.34. The lowest BCUT2D eigenvalue weighted by atomic mass is 10.2. The van der Waals surface area contributed by atoms with E-state index in [2.05, 4.69) is 4.98 Å². The van der Waals surface area contributed by atoms with Gasteiger partial charge in [-0.3, -0.25) is 0 Å². The SMILES string of the molecule is O=C(O)c1cccc2[nH]c(C(F)(F)C(F)(F)F)nc12. The number of nitrogens with zero attached hydrogens (tertiary/aromatic N) is 1. The summed E-state index contributed by atoms with van der Waals surface area (Å²) in [5.74, 6) is -8.29. The highest BCUT2D eigenvalue weighted by Crippen LogP contribution is 2.43. The summed E-state index contributed by atoms with van der Waals surface area (Å²) in [4.78, 5) is 15.7. The molecule has 2 aromatic rings. The van der Waals surface area contributed by atoms with Crippen molar-refractivity contribution in [2.24, 2.45) is 0 Å². The molecular formula is C10H5F5N2O2. The van der Waals surface area contributed by atoms with Crippen LogP contribution in [0.2, 0.25) is 0 Å². The molecule has 1 aromatic heterocycles. The van der Waals surface area contributed by atoms with Crippen LogP contribution in [0.5, 0.6) is 0 Å². The van der Waals surface area contributed by atoms with E-state index < -0.39 is 35.0 Å². The lowest BCUT2D eigenvalue weighted by molar-refractivity contribution is -0.292. The summed E-state index contributed by atoms with van der Waals surface area (Å²) >= 11 is 0. The average molecular weight is 280 g/mol. The van der Waals surface area contributed by atoms with E-state index in [1.807, 2.05) is 0 Å². The van der Waals surface area contributed by atoms with E-state index in [9.17, 15) is 26.7 Å². The highest BCUT2D eigenvalue weighted by atomic mass is 19.4. The van der Waals surface area contributed by atoms with E-state index in [4.69, 9.17) is 5.11 Å². The quantitative estimate of drug-likeness (QED) is 0.831. The monoisotopic (exact) mass is 280 g/mol.